The van der Waals surface area contributed by atoms with Gasteiger partial charge in [-0.2, -0.15) is 0 Å². The molecule has 0 radical (unpaired) electrons. The number of thioether (sulfide) groups is 1. The van der Waals surface area contributed by atoms with Gasteiger partial charge in [0.1, 0.15) is 0 Å². The van der Waals surface area contributed by atoms with Crippen LogP contribution in [0.15, 0.2) is 30.6 Å². The first-order chi connectivity index (χ1) is 6.85. The van der Waals surface area contributed by atoms with Crippen LogP contribution in [0.2, 0.25) is 0 Å². The standard InChI is InChI=1S/C9H15NOS.C2H6/c1-4-7-8-12-9(10-5-2)11-6-3;1-2/h5-6H,2-4,7-8H2,1H3;1-2H3. The Morgan fingerprint density at radius 3 is 2.50 bits per heavy atom. The van der Waals surface area contributed by atoms with Crippen LogP contribution < -0.4 is 0 Å². The molecule has 0 N–H and O–H groups in total. The van der Waals surface area contributed by atoms with Gasteiger partial charge in [-0.3, -0.25) is 0 Å². The minimum Gasteiger partial charge on any atom is -0.442 e. The summed E-state index contributed by atoms with van der Waals surface area (Å²) in [5, 5.41) is 0.619. The van der Waals surface area contributed by atoms with Crippen molar-refractivity contribution < 1.29 is 4.74 Å². The fourth-order valence-electron chi connectivity index (χ4n) is 0.551. The molecule has 14 heavy (non-hydrogen) atoms. The fraction of sp³-hybridized carbons (Fsp3) is 0.545. The van der Waals surface area contributed by atoms with Crippen molar-refractivity contribution in [3.8, 4) is 0 Å². The Bertz CT molecular complexity index is 167. The van der Waals surface area contributed by atoms with Crippen LogP contribution in [0.25, 0.3) is 0 Å². The summed E-state index contributed by atoms with van der Waals surface area (Å²) in [5.41, 5.74) is 0. The van der Waals surface area contributed by atoms with Gasteiger partial charge in [0.15, 0.2) is 0 Å². The van der Waals surface area contributed by atoms with Crippen LogP contribution in [0.1, 0.15) is 33.6 Å². The minimum absolute atomic E-state index is 0.619. The molecule has 0 bridgehead atoms. The van der Waals surface area contributed by atoms with E-state index < -0.39 is 0 Å². The molecule has 0 amide bonds. The summed E-state index contributed by atoms with van der Waals surface area (Å²) in [4.78, 5) is 3.94. The summed E-state index contributed by atoms with van der Waals surface area (Å²) in [5.74, 6) is 1.02. The van der Waals surface area contributed by atoms with Gasteiger partial charge in [0.25, 0.3) is 5.23 Å². The summed E-state index contributed by atoms with van der Waals surface area (Å²) in [6, 6.07) is 0. The van der Waals surface area contributed by atoms with Gasteiger partial charge in [-0.1, -0.05) is 52.1 Å². The second-order valence-corrected chi connectivity index (χ2v) is 3.11. The van der Waals surface area contributed by atoms with Crippen molar-refractivity contribution in [3.63, 3.8) is 0 Å². The summed E-state index contributed by atoms with van der Waals surface area (Å²) in [7, 11) is 0. The maximum atomic E-state index is 5.03. The second kappa shape index (κ2) is 14.8. The molecule has 0 rings (SSSR count). The van der Waals surface area contributed by atoms with E-state index in [9.17, 15) is 0 Å². The summed E-state index contributed by atoms with van der Waals surface area (Å²) in [6.07, 6.45) is 5.20. The summed E-state index contributed by atoms with van der Waals surface area (Å²) >= 11 is 1.58. The predicted molar refractivity (Wildman–Crippen MR) is 67.6 cm³/mol. The first-order valence-corrected chi connectivity index (χ1v) is 5.92. The maximum Gasteiger partial charge on any atom is 0.255 e. The van der Waals surface area contributed by atoms with Gasteiger partial charge in [-0.15, -0.1) is 0 Å². The quantitative estimate of drug-likeness (QED) is 0.296. The van der Waals surface area contributed by atoms with Gasteiger partial charge in [0.05, 0.1) is 6.26 Å². The Hall–Kier alpha value is -0.700. The van der Waals surface area contributed by atoms with E-state index >= 15 is 0 Å². The highest BCUT2D eigenvalue weighted by atomic mass is 32.2. The molecule has 0 aromatic carbocycles. The number of ether oxygens (including phenoxy) is 1. The highest BCUT2D eigenvalue weighted by molar-refractivity contribution is 8.13. The number of rotatable bonds is 5. The van der Waals surface area contributed by atoms with Crippen LogP contribution >= 0.6 is 11.8 Å². The van der Waals surface area contributed by atoms with Crippen molar-refractivity contribution in [2.75, 3.05) is 5.75 Å². The number of hydrogen-bond donors (Lipinski definition) is 0. The third-order valence-electron chi connectivity index (χ3n) is 1.10. The topological polar surface area (TPSA) is 21.6 Å². The zero-order chi connectivity index (χ0) is 11.2. The van der Waals surface area contributed by atoms with Crippen LogP contribution in [0.5, 0.6) is 0 Å². The number of aliphatic imine (C=N–C) groups is 1. The van der Waals surface area contributed by atoms with Crippen LogP contribution in [-0.4, -0.2) is 11.0 Å². The van der Waals surface area contributed by atoms with Crippen molar-refractivity contribution in [1.29, 1.82) is 0 Å². The Balaban J connectivity index is 0. The molecule has 0 aliphatic heterocycles. The molecule has 0 saturated carbocycles. The SMILES string of the molecule is C=CN=C(OC=C)SCCCC.CC. The molecule has 0 atom stereocenters. The van der Waals surface area contributed by atoms with E-state index in [1.54, 1.807) is 11.8 Å². The normalized spacial score (nSPS) is 9.79. The molecule has 0 aliphatic rings. The molecule has 3 heteroatoms. The van der Waals surface area contributed by atoms with Crippen LogP contribution in [0.3, 0.4) is 0 Å². The zero-order valence-corrected chi connectivity index (χ0v) is 10.3. The highest BCUT2D eigenvalue weighted by Gasteiger charge is 1.97. The molecule has 0 fully saturated rings. The van der Waals surface area contributed by atoms with Gasteiger partial charge >= 0.3 is 0 Å². The van der Waals surface area contributed by atoms with Crippen molar-refractivity contribution >= 4 is 17.0 Å². The van der Waals surface area contributed by atoms with Gasteiger partial charge in [-0.05, 0) is 6.42 Å². The zero-order valence-electron chi connectivity index (χ0n) is 9.45. The predicted octanol–water partition coefficient (Wildman–Crippen LogP) is 4.21. The molecule has 0 spiro atoms. The summed E-state index contributed by atoms with van der Waals surface area (Å²) < 4.78 is 5.03. The van der Waals surface area contributed by atoms with Crippen molar-refractivity contribution in [2.24, 2.45) is 4.99 Å². The Morgan fingerprint density at radius 2 is 2.07 bits per heavy atom. The lowest BCUT2D eigenvalue weighted by Crippen LogP contribution is -1.94. The van der Waals surface area contributed by atoms with Crippen molar-refractivity contribution in [1.82, 2.24) is 0 Å². The smallest absolute Gasteiger partial charge is 0.255 e. The van der Waals surface area contributed by atoms with E-state index in [4.69, 9.17) is 4.74 Å². The van der Waals surface area contributed by atoms with E-state index in [-0.39, 0.29) is 0 Å². The Morgan fingerprint density at radius 1 is 1.43 bits per heavy atom. The monoisotopic (exact) mass is 215 g/mol. The summed E-state index contributed by atoms with van der Waals surface area (Å²) in [6.45, 7) is 13.1. The van der Waals surface area contributed by atoms with Crippen molar-refractivity contribution in [3.05, 3.63) is 25.6 Å². The molecule has 0 saturated heterocycles. The van der Waals surface area contributed by atoms with E-state index in [1.807, 2.05) is 13.8 Å². The molecule has 82 valence electrons. The van der Waals surface area contributed by atoms with E-state index in [0.717, 1.165) is 5.75 Å². The average molecular weight is 215 g/mol. The van der Waals surface area contributed by atoms with Gasteiger partial charge < -0.3 is 4.74 Å². The van der Waals surface area contributed by atoms with Gasteiger partial charge in [0, 0.05) is 12.0 Å². The molecular weight excluding hydrogens is 194 g/mol. The highest BCUT2D eigenvalue weighted by Crippen LogP contribution is 2.09. The maximum absolute atomic E-state index is 5.03. The Kier molecular flexibility index (Phi) is 16.7. The molecule has 0 aromatic rings. The van der Waals surface area contributed by atoms with Crippen LogP contribution in [-0.2, 0) is 4.74 Å². The lowest BCUT2D eigenvalue weighted by molar-refractivity contribution is 0.489. The van der Waals surface area contributed by atoms with Gasteiger partial charge in [-0.25, -0.2) is 4.99 Å². The number of unbranched alkanes of at least 4 members (excludes halogenated alkanes) is 1. The second-order valence-electron chi connectivity index (χ2n) is 2.06. The third kappa shape index (κ3) is 11.3. The van der Waals surface area contributed by atoms with Crippen molar-refractivity contribution in [2.45, 2.75) is 33.6 Å². The third-order valence-corrected chi connectivity index (χ3v) is 2.05. The van der Waals surface area contributed by atoms with E-state index in [0.29, 0.717) is 5.23 Å². The lowest BCUT2D eigenvalue weighted by atomic mass is 10.4. The number of nitrogens with zero attached hydrogens (tertiary/aromatic N) is 1. The molecule has 0 unspecified atom stereocenters. The first kappa shape index (κ1) is 15.8. The van der Waals surface area contributed by atoms with E-state index in [1.165, 1.54) is 25.3 Å². The van der Waals surface area contributed by atoms with E-state index in [2.05, 4.69) is 25.1 Å². The lowest BCUT2D eigenvalue weighted by Gasteiger charge is -2.01. The number of hydrogen-bond acceptors (Lipinski definition) is 3. The molecule has 0 aliphatic carbocycles. The Labute approximate surface area is 92.1 Å². The largest absolute Gasteiger partial charge is 0.442 e. The molecule has 2 nitrogen and oxygen atoms in total. The molecule has 0 heterocycles. The fourth-order valence-corrected chi connectivity index (χ4v) is 1.44. The first-order valence-electron chi connectivity index (χ1n) is 4.94. The van der Waals surface area contributed by atoms with Crippen LogP contribution in [0.4, 0.5) is 0 Å². The molecule has 0 aromatic heterocycles. The molecular formula is C11H21NOS. The van der Waals surface area contributed by atoms with Crippen LogP contribution in [0, 0.1) is 0 Å². The van der Waals surface area contributed by atoms with Gasteiger partial charge in [0.2, 0.25) is 0 Å². The average Bonchev–Trinajstić information content (AvgIpc) is 2.22. The minimum atomic E-state index is 0.619.